The third kappa shape index (κ3) is 4.19. The maximum Gasteiger partial charge on any atom is 0.410 e. The first kappa shape index (κ1) is 18.9. The second-order valence-corrected chi connectivity index (χ2v) is 8.60. The summed E-state index contributed by atoms with van der Waals surface area (Å²) < 4.78 is 11.0. The van der Waals surface area contributed by atoms with Gasteiger partial charge in [-0.1, -0.05) is 0 Å². The molecule has 2 aliphatic rings. The van der Waals surface area contributed by atoms with E-state index in [1.807, 2.05) is 44.0 Å². The number of hydrogen-bond acceptors (Lipinski definition) is 6. The lowest BCUT2D eigenvalue weighted by atomic mass is 10.1. The van der Waals surface area contributed by atoms with E-state index in [0.29, 0.717) is 11.6 Å². The van der Waals surface area contributed by atoms with Gasteiger partial charge in [0, 0.05) is 50.4 Å². The molecule has 0 radical (unpaired) electrons. The Bertz CT molecular complexity index is 829. The van der Waals surface area contributed by atoms with E-state index in [1.54, 1.807) is 6.26 Å². The van der Waals surface area contributed by atoms with E-state index in [4.69, 9.17) is 9.15 Å². The molecule has 0 aromatic carbocycles. The Labute approximate surface area is 165 Å². The van der Waals surface area contributed by atoms with Gasteiger partial charge in [0.25, 0.3) is 0 Å². The number of amides is 1. The van der Waals surface area contributed by atoms with Crippen molar-refractivity contribution in [1.82, 2.24) is 19.8 Å². The van der Waals surface area contributed by atoms with Crippen molar-refractivity contribution < 1.29 is 13.9 Å². The van der Waals surface area contributed by atoms with Gasteiger partial charge < -0.3 is 14.1 Å². The number of fused-ring (bicyclic) bond motifs is 1. The molecule has 0 N–H and O–H groups in total. The molecule has 1 fully saturated rings. The van der Waals surface area contributed by atoms with Crippen molar-refractivity contribution in [2.75, 3.05) is 19.6 Å². The van der Waals surface area contributed by atoms with Gasteiger partial charge in [-0.25, -0.2) is 14.8 Å². The number of carbonyl (C=O) groups excluding carboxylic acids is 1. The average Bonchev–Trinajstić information content (AvgIpc) is 3.31. The van der Waals surface area contributed by atoms with Crippen LogP contribution in [0.25, 0.3) is 11.6 Å². The summed E-state index contributed by atoms with van der Waals surface area (Å²) in [6, 6.07) is 3.93. The van der Waals surface area contributed by atoms with Crippen LogP contribution in [0, 0.1) is 0 Å². The largest absolute Gasteiger partial charge is 0.461 e. The Hall–Kier alpha value is -2.41. The Morgan fingerprint density at radius 1 is 1.36 bits per heavy atom. The van der Waals surface area contributed by atoms with Gasteiger partial charge in [-0.15, -0.1) is 0 Å². The van der Waals surface area contributed by atoms with Gasteiger partial charge in [0.1, 0.15) is 5.60 Å². The quantitative estimate of drug-likeness (QED) is 0.807. The molecule has 2 aliphatic heterocycles. The van der Waals surface area contributed by atoms with Crippen LogP contribution >= 0.6 is 0 Å². The Morgan fingerprint density at radius 2 is 2.21 bits per heavy atom. The lowest BCUT2D eigenvalue weighted by Crippen LogP contribution is -2.46. The highest BCUT2D eigenvalue weighted by Crippen LogP contribution is 2.25. The molecule has 4 heterocycles. The Balaban J connectivity index is 1.40. The monoisotopic (exact) mass is 384 g/mol. The standard InChI is InChI=1S/C21H28N4O3/c1-21(2,3)28-20(26)25-9-4-6-16(25)14-24-10-8-17-15(13-24)12-22-19(23-17)18-7-5-11-27-18/h5,7,11-12,16H,4,6,8-10,13-14H2,1-3H3. The van der Waals surface area contributed by atoms with Gasteiger partial charge in [-0.05, 0) is 45.7 Å². The molecule has 0 spiro atoms. The molecule has 150 valence electrons. The molecule has 4 rings (SSSR count). The van der Waals surface area contributed by atoms with Crippen molar-refractivity contribution in [3.8, 4) is 11.6 Å². The molecule has 1 amide bonds. The third-order valence-electron chi connectivity index (χ3n) is 5.23. The Kier molecular flexibility index (Phi) is 5.10. The summed E-state index contributed by atoms with van der Waals surface area (Å²) in [7, 11) is 0. The molecule has 1 atom stereocenters. The predicted molar refractivity (Wildman–Crippen MR) is 105 cm³/mol. The number of hydrogen-bond donors (Lipinski definition) is 0. The molecule has 7 heteroatoms. The van der Waals surface area contributed by atoms with Gasteiger partial charge in [-0.3, -0.25) is 4.90 Å². The van der Waals surface area contributed by atoms with Crippen molar-refractivity contribution in [3.63, 3.8) is 0 Å². The van der Waals surface area contributed by atoms with Gasteiger partial charge >= 0.3 is 6.09 Å². The summed E-state index contributed by atoms with van der Waals surface area (Å²) >= 11 is 0. The van der Waals surface area contributed by atoms with Crippen LogP contribution in [0.2, 0.25) is 0 Å². The lowest BCUT2D eigenvalue weighted by Gasteiger charge is -2.34. The summed E-state index contributed by atoms with van der Waals surface area (Å²) in [6.45, 7) is 9.11. The number of nitrogens with zero attached hydrogens (tertiary/aromatic N) is 4. The summed E-state index contributed by atoms with van der Waals surface area (Å²) in [5.74, 6) is 1.34. The molecule has 2 aromatic rings. The summed E-state index contributed by atoms with van der Waals surface area (Å²) in [5, 5.41) is 0. The number of rotatable bonds is 3. The maximum absolute atomic E-state index is 12.5. The molecule has 0 bridgehead atoms. The first-order valence-electron chi connectivity index (χ1n) is 10.00. The van der Waals surface area contributed by atoms with E-state index >= 15 is 0 Å². The first-order valence-corrected chi connectivity index (χ1v) is 10.00. The third-order valence-corrected chi connectivity index (χ3v) is 5.23. The van der Waals surface area contributed by atoms with Crippen molar-refractivity contribution in [3.05, 3.63) is 35.9 Å². The number of aromatic nitrogens is 2. The first-order chi connectivity index (χ1) is 13.4. The number of carbonyl (C=O) groups is 1. The molecule has 1 saturated heterocycles. The van der Waals surface area contributed by atoms with Crippen LogP contribution in [0.1, 0.15) is 44.9 Å². The smallest absolute Gasteiger partial charge is 0.410 e. The zero-order valence-electron chi connectivity index (χ0n) is 16.9. The van der Waals surface area contributed by atoms with E-state index in [2.05, 4.69) is 14.9 Å². The van der Waals surface area contributed by atoms with Gasteiger partial charge in [0.05, 0.1) is 12.0 Å². The van der Waals surface area contributed by atoms with Crippen molar-refractivity contribution in [2.24, 2.45) is 0 Å². The number of ether oxygens (including phenoxy) is 1. The van der Waals surface area contributed by atoms with Gasteiger partial charge in [-0.2, -0.15) is 0 Å². The van der Waals surface area contributed by atoms with Crippen molar-refractivity contribution in [1.29, 1.82) is 0 Å². The molecule has 0 aliphatic carbocycles. The highest BCUT2D eigenvalue weighted by molar-refractivity contribution is 5.69. The second kappa shape index (κ2) is 7.54. The molecular formula is C21H28N4O3. The van der Waals surface area contributed by atoms with E-state index < -0.39 is 5.60 Å². The minimum absolute atomic E-state index is 0.196. The van der Waals surface area contributed by atoms with Crippen LogP contribution in [0.15, 0.2) is 29.0 Å². The highest BCUT2D eigenvalue weighted by Gasteiger charge is 2.34. The second-order valence-electron chi connectivity index (χ2n) is 8.60. The fourth-order valence-electron chi connectivity index (χ4n) is 3.94. The fourth-order valence-corrected chi connectivity index (χ4v) is 3.94. The number of furan rings is 1. The minimum atomic E-state index is -0.461. The molecular weight excluding hydrogens is 356 g/mol. The SMILES string of the molecule is CC(C)(C)OC(=O)N1CCCC1CN1CCc2nc(-c3ccco3)ncc2C1. The predicted octanol–water partition coefficient (Wildman–Crippen LogP) is 3.49. The summed E-state index contributed by atoms with van der Waals surface area (Å²) in [6.07, 6.45) is 6.29. The van der Waals surface area contributed by atoms with Crippen LogP contribution in [0.5, 0.6) is 0 Å². The van der Waals surface area contributed by atoms with Crippen LogP contribution in [-0.4, -0.2) is 57.1 Å². The fraction of sp³-hybridized carbons (Fsp3) is 0.571. The van der Waals surface area contributed by atoms with Crippen LogP contribution < -0.4 is 0 Å². The molecule has 7 nitrogen and oxygen atoms in total. The van der Waals surface area contributed by atoms with E-state index in [9.17, 15) is 4.79 Å². The van der Waals surface area contributed by atoms with E-state index in [-0.39, 0.29) is 12.1 Å². The zero-order chi connectivity index (χ0) is 19.7. The van der Waals surface area contributed by atoms with Crippen molar-refractivity contribution in [2.45, 2.75) is 58.2 Å². The zero-order valence-corrected chi connectivity index (χ0v) is 16.9. The Morgan fingerprint density at radius 3 is 2.96 bits per heavy atom. The minimum Gasteiger partial charge on any atom is -0.461 e. The average molecular weight is 384 g/mol. The van der Waals surface area contributed by atoms with Gasteiger partial charge in [0.15, 0.2) is 11.6 Å². The van der Waals surface area contributed by atoms with Crippen LogP contribution in [-0.2, 0) is 17.7 Å². The summed E-state index contributed by atoms with van der Waals surface area (Å²) in [5.41, 5.74) is 1.79. The molecule has 28 heavy (non-hydrogen) atoms. The maximum atomic E-state index is 12.5. The van der Waals surface area contributed by atoms with Crippen molar-refractivity contribution >= 4 is 6.09 Å². The lowest BCUT2D eigenvalue weighted by molar-refractivity contribution is 0.0192. The van der Waals surface area contributed by atoms with Crippen LogP contribution in [0.3, 0.4) is 0 Å². The molecule has 1 unspecified atom stereocenters. The topological polar surface area (TPSA) is 71.7 Å². The molecule has 2 aromatic heterocycles. The van der Waals surface area contributed by atoms with Crippen LogP contribution in [0.4, 0.5) is 4.79 Å². The van der Waals surface area contributed by atoms with E-state index in [0.717, 1.165) is 56.7 Å². The molecule has 0 saturated carbocycles. The highest BCUT2D eigenvalue weighted by atomic mass is 16.6. The normalized spacial score (nSPS) is 20.2. The van der Waals surface area contributed by atoms with Gasteiger partial charge in [0.2, 0.25) is 0 Å². The number of likely N-dealkylation sites (tertiary alicyclic amines) is 1. The van der Waals surface area contributed by atoms with E-state index in [1.165, 1.54) is 0 Å². The summed E-state index contributed by atoms with van der Waals surface area (Å²) in [4.78, 5) is 26.0.